The number of nitrogens with zero attached hydrogens (tertiary/aromatic N) is 2. The van der Waals surface area contributed by atoms with Crippen LogP contribution in [0.5, 0.6) is 0 Å². The molecule has 1 saturated heterocycles. The standard InChI is InChI=1S/C14H23N3O2S2/c1-16-5-2-6-17(8-7-16)21(18,19)14-9-13(20-11-14)10-15-12-3-4-12/h9,11-12,15H,2-8,10H2,1H3. The van der Waals surface area contributed by atoms with Crippen LogP contribution in [0.3, 0.4) is 0 Å². The second kappa shape index (κ2) is 6.34. The monoisotopic (exact) mass is 329 g/mol. The number of nitrogens with one attached hydrogen (secondary N) is 1. The van der Waals surface area contributed by atoms with E-state index >= 15 is 0 Å². The third-order valence-electron chi connectivity index (χ3n) is 4.09. The van der Waals surface area contributed by atoms with E-state index in [1.165, 1.54) is 24.2 Å². The van der Waals surface area contributed by atoms with Crippen molar-refractivity contribution in [3.05, 3.63) is 16.3 Å². The molecule has 0 spiro atoms. The maximum Gasteiger partial charge on any atom is 0.243 e. The summed E-state index contributed by atoms with van der Waals surface area (Å²) in [5, 5.41) is 5.21. The molecule has 1 aromatic rings. The van der Waals surface area contributed by atoms with Gasteiger partial charge in [-0.1, -0.05) is 0 Å². The summed E-state index contributed by atoms with van der Waals surface area (Å²) in [4.78, 5) is 3.76. The lowest BCUT2D eigenvalue weighted by Crippen LogP contribution is -2.34. The highest BCUT2D eigenvalue weighted by molar-refractivity contribution is 7.89. The number of hydrogen-bond acceptors (Lipinski definition) is 5. The maximum atomic E-state index is 12.7. The maximum absolute atomic E-state index is 12.7. The Morgan fingerprint density at radius 1 is 1.29 bits per heavy atom. The van der Waals surface area contributed by atoms with Crippen molar-refractivity contribution >= 4 is 21.4 Å². The molecule has 2 heterocycles. The zero-order valence-corrected chi connectivity index (χ0v) is 14.0. The van der Waals surface area contributed by atoms with Crippen LogP contribution in [0.25, 0.3) is 0 Å². The lowest BCUT2D eigenvalue weighted by atomic mass is 10.4. The molecule has 0 radical (unpaired) electrons. The highest BCUT2D eigenvalue weighted by Gasteiger charge is 2.27. The Kier molecular flexibility index (Phi) is 4.66. The molecule has 1 aromatic heterocycles. The first kappa shape index (κ1) is 15.4. The van der Waals surface area contributed by atoms with Gasteiger partial charge >= 0.3 is 0 Å². The predicted molar refractivity (Wildman–Crippen MR) is 85.1 cm³/mol. The predicted octanol–water partition coefficient (Wildman–Crippen LogP) is 1.33. The molecule has 0 bridgehead atoms. The van der Waals surface area contributed by atoms with Crippen molar-refractivity contribution in [3.63, 3.8) is 0 Å². The fraction of sp³-hybridized carbons (Fsp3) is 0.714. The first-order valence-electron chi connectivity index (χ1n) is 7.55. The second-order valence-corrected chi connectivity index (χ2v) is 8.90. The van der Waals surface area contributed by atoms with Gasteiger partial charge in [-0.2, -0.15) is 4.31 Å². The average molecular weight is 329 g/mol. The second-order valence-electron chi connectivity index (χ2n) is 5.96. The lowest BCUT2D eigenvalue weighted by molar-refractivity contribution is 0.347. The molecule has 1 N–H and O–H groups in total. The molecule has 7 heteroatoms. The molecule has 5 nitrogen and oxygen atoms in total. The van der Waals surface area contributed by atoms with Gasteiger partial charge in [-0.3, -0.25) is 0 Å². The minimum atomic E-state index is -3.32. The highest BCUT2D eigenvalue weighted by atomic mass is 32.2. The molecule has 118 valence electrons. The Bertz CT molecular complexity index is 581. The summed E-state index contributed by atoms with van der Waals surface area (Å²) in [6, 6.07) is 2.48. The van der Waals surface area contributed by atoms with Gasteiger partial charge in [-0.05, 0) is 38.9 Å². The summed E-state index contributed by atoms with van der Waals surface area (Å²) in [7, 11) is -1.28. The van der Waals surface area contributed by atoms with E-state index < -0.39 is 10.0 Å². The molecule has 21 heavy (non-hydrogen) atoms. The van der Waals surface area contributed by atoms with E-state index in [0.29, 0.717) is 24.0 Å². The van der Waals surface area contributed by atoms with Crippen LogP contribution in [-0.4, -0.2) is 56.9 Å². The molecule has 0 unspecified atom stereocenters. The summed E-state index contributed by atoms with van der Waals surface area (Å²) in [6.07, 6.45) is 3.39. The summed E-state index contributed by atoms with van der Waals surface area (Å²) in [6.45, 7) is 3.77. The Hall–Kier alpha value is -0.470. The molecule has 0 aromatic carbocycles. The summed E-state index contributed by atoms with van der Waals surface area (Å²) in [5.74, 6) is 0. The van der Waals surface area contributed by atoms with E-state index in [4.69, 9.17) is 0 Å². The van der Waals surface area contributed by atoms with Crippen LogP contribution in [-0.2, 0) is 16.6 Å². The van der Waals surface area contributed by atoms with E-state index in [0.717, 1.165) is 30.9 Å². The zero-order chi connectivity index (χ0) is 14.9. The molecular formula is C14H23N3O2S2. The van der Waals surface area contributed by atoms with Crippen molar-refractivity contribution in [1.29, 1.82) is 0 Å². The fourth-order valence-corrected chi connectivity index (χ4v) is 5.22. The van der Waals surface area contributed by atoms with Gasteiger partial charge in [0.05, 0.1) is 4.90 Å². The molecule has 2 aliphatic rings. The van der Waals surface area contributed by atoms with E-state index in [1.807, 2.05) is 13.1 Å². The smallest absolute Gasteiger partial charge is 0.243 e. The summed E-state index contributed by atoms with van der Waals surface area (Å²) in [5.41, 5.74) is 0. The van der Waals surface area contributed by atoms with Gasteiger partial charge in [-0.15, -0.1) is 11.3 Å². The van der Waals surface area contributed by atoms with E-state index in [1.54, 1.807) is 9.69 Å². The van der Waals surface area contributed by atoms with Gasteiger partial charge in [0.25, 0.3) is 0 Å². The topological polar surface area (TPSA) is 52.7 Å². The molecule has 1 aliphatic carbocycles. The number of hydrogen-bond donors (Lipinski definition) is 1. The quantitative estimate of drug-likeness (QED) is 0.885. The van der Waals surface area contributed by atoms with Crippen LogP contribution in [0.1, 0.15) is 24.1 Å². The molecule has 0 atom stereocenters. The third kappa shape index (κ3) is 3.84. The normalized spacial score (nSPS) is 22.3. The largest absolute Gasteiger partial charge is 0.309 e. The Labute approximate surface area is 131 Å². The van der Waals surface area contributed by atoms with Gasteiger partial charge < -0.3 is 10.2 Å². The number of rotatable bonds is 5. The number of sulfonamides is 1. The van der Waals surface area contributed by atoms with Crippen LogP contribution >= 0.6 is 11.3 Å². The molecule has 0 amide bonds. The van der Waals surface area contributed by atoms with E-state index in [-0.39, 0.29) is 0 Å². The minimum absolute atomic E-state index is 0.463. The number of thiophene rings is 1. The van der Waals surface area contributed by atoms with Crippen molar-refractivity contribution in [1.82, 2.24) is 14.5 Å². The molecule has 3 rings (SSSR count). The van der Waals surface area contributed by atoms with Gasteiger partial charge in [0.15, 0.2) is 0 Å². The fourth-order valence-electron chi connectivity index (χ4n) is 2.53. The molecule has 1 saturated carbocycles. The SMILES string of the molecule is CN1CCCN(S(=O)(=O)c2csc(CNC3CC3)c2)CC1. The van der Waals surface area contributed by atoms with Gasteiger partial charge in [0.2, 0.25) is 10.0 Å². The summed E-state index contributed by atoms with van der Waals surface area (Å²) < 4.78 is 27.0. The van der Waals surface area contributed by atoms with Crippen molar-refractivity contribution in [2.24, 2.45) is 0 Å². The van der Waals surface area contributed by atoms with E-state index in [9.17, 15) is 8.42 Å². The van der Waals surface area contributed by atoms with Crippen LogP contribution in [0.15, 0.2) is 16.3 Å². The van der Waals surface area contributed by atoms with Gasteiger partial charge in [-0.25, -0.2) is 8.42 Å². The van der Waals surface area contributed by atoms with Crippen molar-refractivity contribution in [2.75, 3.05) is 33.2 Å². The number of likely N-dealkylation sites (N-methyl/N-ethyl adjacent to an activating group) is 1. The summed E-state index contributed by atoms with van der Waals surface area (Å²) >= 11 is 1.54. The average Bonchev–Trinajstić information content (AvgIpc) is 3.20. The highest BCUT2D eigenvalue weighted by Crippen LogP contribution is 2.25. The minimum Gasteiger partial charge on any atom is -0.309 e. The van der Waals surface area contributed by atoms with E-state index in [2.05, 4.69) is 10.2 Å². The first-order valence-corrected chi connectivity index (χ1v) is 9.87. The van der Waals surface area contributed by atoms with Crippen LogP contribution in [0.4, 0.5) is 0 Å². The third-order valence-corrected chi connectivity index (χ3v) is 7.05. The Balaban J connectivity index is 1.68. The lowest BCUT2D eigenvalue weighted by Gasteiger charge is -2.19. The zero-order valence-electron chi connectivity index (χ0n) is 12.4. The molecule has 2 fully saturated rings. The van der Waals surface area contributed by atoms with Gasteiger partial charge in [0.1, 0.15) is 0 Å². The van der Waals surface area contributed by atoms with Crippen molar-refractivity contribution in [3.8, 4) is 0 Å². The van der Waals surface area contributed by atoms with Crippen LogP contribution in [0, 0.1) is 0 Å². The van der Waals surface area contributed by atoms with Crippen molar-refractivity contribution in [2.45, 2.75) is 36.7 Å². The Morgan fingerprint density at radius 2 is 2.10 bits per heavy atom. The molecular weight excluding hydrogens is 306 g/mol. The first-order chi connectivity index (χ1) is 10.1. The molecule has 1 aliphatic heterocycles. The van der Waals surface area contributed by atoms with Gasteiger partial charge in [0, 0.05) is 42.5 Å². The van der Waals surface area contributed by atoms with Crippen molar-refractivity contribution < 1.29 is 8.42 Å². The van der Waals surface area contributed by atoms with Crippen LogP contribution < -0.4 is 5.32 Å². The van der Waals surface area contributed by atoms with Crippen LogP contribution in [0.2, 0.25) is 0 Å². The Morgan fingerprint density at radius 3 is 2.86 bits per heavy atom.